The number of aliphatic hydroxyl groups excluding tert-OH is 4. The average molecular weight is 489 g/mol. The van der Waals surface area contributed by atoms with Crippen molar-refractivity contribution in [1.82, 2.24) is 0 Å². The van der Waals surface area contributed by atoms with Crippen LogP contribution in [0.5, 0.6) is 0 Å². The van der Waals surface area contributed by atoms with E-state index in [-0.39, 0.29) is 6.10 Å². The Bertz CT molecular complexity index is 874. The van der Waals surface area contributed by atoms with Gasteiger partial charge in [-0.15, -0.1) is 11.3 Å². The summed E-state index contributed by atoms with van der Waals surface area (Å²) in [5, 5.41) is 42.7. The molecule has 4 nitrogen and oxygen atoms in total. The van der Waals surface area contributed by atoms with Crippen LogP contribution in [0.1, 0.15) is 82.1 Å². The number of aliphatic hydroxyl groups is 4. The van der Waals surface area contributed by atoms with Crippen molar-refractivity contribution in [3.05, 3.63) is 45.2 Å². The topological polar surface area (TPSA) is 80.9 Å². The van der Waals surface area contributed by atoms with Gasteiger partial charge in [0.05, 0.1) is 18.3 Å². The summed E-state index contributed by atoms with van der Waals surface area (Å²) in [7, 11) is 0. The van der Waals surface area contributed by atoms with E-state index in [1.807, 2.05) is 0 Å². The SMILES string of the molecule is Cc1csc(CC(O)CC[C@@H](C)[C@H]2CC[C@H]3/C(=C/C=C4C[C@@H](O)C(O)[C@H](O)C4)CCC[C@]23C)c1. The standard InChI is InChI=1S/C29H44O4S/c1-18-13-23(34-17-18)16-22(30)9-6-19(2)24-10-11-25-21(5-4-12-29(24,25)3)8-7-20-14-26(31)28(33)27(32)15-20/h7-8,13,17,19,22,24-28,30-33H,4-6,9-12,14-16H2,1-3H3/b20-7?,21-8+/t19-,22?,24-,25+,26-,27-,28?,29-/m1/s1. The second-order valence-corrected chi connectivity index (χ2v) is 12.7. The minimum Gasteiger partial charge on any atom is -0.393 e. The highest BCUT2D eigenvalue weighted by Gasteiger charge is 2.50. The molecule has 34 heavy (non-hydrogen) atoms. The van der Waals surface area contributed by atoms with Gasteiger partial charge in [-0.05, 0) is 105 Å². The molecule has 3 fully saturated rings. The van der Waals surface area contributed by atoms with Crippen molar-refractivity contribution >= 4 is 11.3 Å². The van der Waals surface area contributed by atoms with Crippen molar-refractivity contribution in [1.29, 1.82) is 0 Å². The molecule has 3 aliphatic carbocycles. The van der Waals surface area contributed by atoms with E-state index >= 15 is 0 Å². The number of fused-ring (bicyclic) bond motifs is 1. The van der Waals surface area contributed by atoms with Gasteiger partial charge < -0.3 is 20.4 Å². The summed E-state index contributed by atoms with van der Waals surface area (Å²) in [6.45, 7) is 7.01. The molecule has 3 saturated carbocycles. The quantitative estimate of drug-likeness (QED) is 0.419. The number of rotatable bonds is 7. The summed E-state index contributed by atoms with van der Waals surface area (Å²) in [5.74, 6) is 1.91. The molecule has 1 aromatic rings. The third-order valence-corrected chi connectivity index (χ3v) is 10.2. The number of aryl methyl sites for hydroxylation is 1. The normalized spacial score (nSPS) is 37.0. The molecule has 0 saturated heterocycles. The number of allylic oxidation sites excluding steroid dienone is 3. The highest BCUT2D eigenvalue weighted by Crippen LogP contribution is 2.59. The molecule has 0 aliphatic heterocycles. The van der Waals surface area contributed by atoms with Crippen LogP contribution in [-0.2, 0) is 6.42 Å². The van der Waals surface area contributed by atoms with Crippen molar-refractivity contribution in [2.24, 2.45) is 23.2 Å². The van der Waals surface area contributed by atoms with Crippen molar-refractivity contribution in [3.63, 3.8) is 0 Å². The molecule has 4 N–H and O–H groups in total. The Kier molecular flexibility index (Phi) is 8.41. The zero-order valence-electron chi connectivity index (χ0n) is 21.1. The first kappa shape index (κ1) is 26.1. The molecule has 0 bridgehead atoms. The molecule has 0 aromatic carbocycles. The van der Waals surface area contributed by atoms with Gasteiger partial charge in [0, 0.05) is 11.3 Å². The van der Waals surface area contributed by atoms with Crippen LogP contribution >= 0.6 is 11.3 Å². The van der Waals surface area contributed by atoms with E-state index in [1.54, 1.807) is 11.3 Å². The third-order valence-electron chi connectivity index (χ3n) is 9.17. The lowest BCUT2D eigenvalue weighted by molar-refractivity contribution is -0.0713. The third kappa shape index (κ3) is 5.70. The molecular weight excluding hydrogens is 444 g/mol. The van der Waals surface area contributed by atoms with Crippen molar-refractivity contribution < 1.29 is 20.4 Å². The van der Waals surface area contributed by atoms with E-state index < -0.39 is 18.3 Å². The van der Waals surface area contributed by atoms with E-state index in [0.717, 1.165) is 31.3 Å². The Hall–Kier alpha value is -0.980. The van der Waals surface area contributed by atoms with Crippen molar-refractivity contribution in [2.75, 3.05) is 0 Å². The first-order chi connectivity index (χ1) is 16.2. The second-order valence-electron chi connectivity index (χ2n) is 11.7. The summed E-state index contributed by atoms with van der Waals surface area (Å²) in [5.41, 5.74) is 4.16. The maximum Gasteiger partial charge on any atom is 0.106 e. The predicted molar refractivity (Wildman–Crippen MR) is 139 cm³/mol. The van der Waals surface area contributed by atoms with E-state index in [4.69, 9.17) is 0 Å². The van der Waals surface area contributed by atoms with Gasteiger partial charge in [0.1, 0.15) is 6.10 Å². The van der Waals surface area contributed by atoms with E-state index in [0.29, 0.717) is 36.0 Å². The Morgan fingerprint density at radius 1 is 1.12 bits per heavy atom. The first-order valence-electron chi connectivity index (χ1n) is 13.3. The number of thiophene rings is 1. The van der Waals surface area contributed by atoms with E-state index in [2.05, 4.69) is 44.4 Å². The summed E-state index contributed by atoms with van der Waals surface area (Å²) in [4.78, 5) is 1.29. The van der Waals surface area contributed by atoms with Gasteiger partial charge in [0.2, 0.25) is 0 Å². The molecule has 5 heteroatoms. The molecule has 1 heterocycles. The molecule has 1 unspecified atom stereocenters. The summed E-state index contributed by atoms with van der Waals surface area (Å²) in [6.07, 6.45) is 11.1. The van der Waals surface area contributed by atoms with E-state index in [9.17, 15) is 20.4 Å². The Balaban J connectivity index is 1.37. The lowest BCUT2D eigenvalue weighted by Crippen LogP contribution is -2.41. The highest BCUT2D eigenvalue weighted by atomic mass is 32.1. The van der Waals surface area contributed by atoms with Gasteiger partial charge >= 0.3 is 0 Å². The maximum atomic E-state index is 10.6. The van der Waals surface area contributed by atoms with Crippen LogP contribution in [-0.4, -0.2) is 44.8 Å². The highest BCUT2D eigenvalue weighted by molar-refractivity contribution is 7.10. The monoisotopic (exact) mass is 488 g/mol. The molecule has 0 radical (unpaired) electrons. The van der Waals surface area contributed by atoms with Crippen LogP contribution in [0.2, 0.25) is 0 Å². The zero-order valence-corrected chi connectivity index (χ0v) is 21.9. The molecule has 190 valence electrons. The Morgan fingerprint density at radius 2 is 1.85 bits per heavy atom. The molecule has 0 amide bonds. The van der Waals surface area contributed by atoms with Crippen LogP contribution in [0.3, 0.4) is 0 Å². The fraction of sp³-hybridized carbons (Fsp3) is 0.724. The molecule has 0 spiro atoms. The van der Waals surface area contributed by atoms with Crippen molar-refractivity contribution in [2.45, 2.75) is 109 Å². The molecule has 3 aliphatic rings. The predicted octanol–water partition coefficient (Wildman–Crippen LogP) is 5.32. The smallest absolute Gasteiger partial charge is 0.106 e. The molecular formula is C29H44O4S. The Labute approximate surface area is 209 Å². The average Bonchev–Trinajstić information content (AvgIpc) is 3.36. The first-order valence-corrected chi connectivity index (χ1v) is 14.2. The number of hydrogen-bond donors (Lipinski definition) is 4. The summed E-state index contributed by atoms with van der Waals surface area (Å²) < 4.78 is 0. The minimum atomic E-state index is -1.03. The minimum absolute atomic E-state index is 0.251. The summed E-state index contributed by atoms with van der Waals surface area (Å²) >= 11 is 1.76. The number of hydrogen-bond acceptors (Lipinski definition) is 5. The fourth-order valence-electron chi connectivity index (χ4n) is 7.28. The molecule has 4 rings (SSSR count). The molecule has 1 aromatic heterocycles. The van der Waals surface area contributed by atoms with Crippen LogP contribution in [0, 0.1) is 30.1 Å². The summed E-state index contributed by atoms with van der Waals surface area (Å²) in [6, 6.07) is 2.20. The van der Waals surface area contributed by atoms with Gasteiger partial charge in [-0.3, -0.25) is 0 Å². The van der Waals surface area contributed by atoms with Gasteiger partial charge in [-0.1, -0.05) is 37.1 Å². The lowest BCUT2D eigenvalue weighted by atomic mass is 9.60. The van der Waals surface area contributed by atoms with Crippen LogP contribution in [0.15, 0.2) is 34.7 Å². The zero-order chi connectivity index (χ0) is 24.5. The second kappa shape index (κ2) is 11.0. The van der Waals surface area contributed by atoms with Crippen LogP contribution < -0.4 is 0 Å². The molecule has 7 atom stereocenters. The Morgan fingerprint density at radius 3 is 2.53 bits per heavy atom. The van der Waals surface area contributed by atoms with Gasteiger partial charge in [-0.2, -0.15) is 0 Å². The van der Waals surface area contributed by atoms with E-state index in [1.165, 1.54) is 41.7 Å². The van der Waals surface area contributed by atoms with Crippen LogP contribution in [0.4, 0.5) is 0 Å². The van der Waals surface area contributed by atoms with Gasteiger partial charge in [-0.25, -0.2) is 0 Å². The lowest BCUT2D eigenvalue weighted by Gasteiger charge is -2.44. The van der Waals surface area contributed by atoms with Crippen molar-refractivity contribution in [3.8, 4) is 0 Å². The van der Waals surface area contributed by atoms with Gasteiger partial charge in [0.15, 0.2) is 0 Å². The van der Waals surface area contributed by atoms with Gasteiger partial charge in [0.25, 0.3) is 0 Å². The fourth-order valence-corrected chi connectivity index (χ4v) is 8.23. The largest absolute Gasteiger partial charge is 0.393 e. The maximum absolute atomic E-state index is 10.6. The van der Waals surface area contributed by atoms with Crippen LogP contribution in [0.25, 0.3) is 0 Å².